The van der Waals surface area contributed by atoms with Gasteiger partial charge in [0.05, 0.1) is 23.7 Å². The third-order valence-electron chi connectivity index (χ3n) is 6.93. The number of allylic oxidation sites excluding steroid dienone is 3. The highest BCUT2D eigenvalue weighted by Gasteiger charge is 2.37. The second kappa shape index (κ2) is 11.0. The minimum atomic E-state index is -3.14. The van der Waals surface area contributed by atoms with E-state index in [1.54, 1.807) is 7.11 Å². The number of imidazole rings is 1. The van der Waals surface area contributed by atoms with Gasteiger partial charge in [-0.15, -0.1) is 0 Å². The van der Waals surface area contributed by atoms with Crippen LogP contribution in [0.5, 0.6) is 0 Å². The highest BCUT2D eigenvalue weighted by Crippen LogP contribution is 2.35. The van der Waals surface area contributed by atoms with E-state index < -0.39 is 26.6 Å². The van der Waals surface area contributed by atoms with Gasteiger partial charge in [-0.25, -0.2) is 13.4 Å². The van der Waals surface area contributed by atoms with Gasteiger partial charge in [-0.2, -0.15) is 0 Å². The first-order chi connectivity index (χ1) is 16.4. The summed E-state index contributed by atoms with van der Waals surface area (Å²) in [6.45, 7) is 6.34. The van der Waals surface area contributed by atoms with Crippen LogP contribution in [0.2, 0.25) is 5.15 Å². The van der Waals surface area contributed by atoms with Crippen LogP contribution < -0.4 is 5.32 Å². The van der Waals surface area contributed by atoms with E-state index in [9.17, 15) is 18.3 Å². The number of carbonyl (C=O) groups excluding carboxylic acids is 1. The number of hydrogen-bond acceptors (Lipinski definition) is 6. The molecule has 2 aliphatic rings. The van der Waals surface area contributed by atoms with Gasteiger partial charge in [-0.3, -0.25) is 9.36 Å². The van der Waals surface area contributed by atoms with Gasteiger partial charge in [-0.1, -0.05) is 37.9 Å². The summed E-state index contributed by atoms with van der Waals surface area (Å²) >= 11 is 6.70. The molecule has 8 nitrogen and oxygen atoms in total. The molecule has 1 fully saturated rings. The molecule has 1 aromatic rings. The van der Waals surface area contributed by atoms with Crippen molar-refractivity contribution in [3.63, 3.8) is 0 Å². The standard InChI is InChI=1S/C25H38ClN3O5S/c1-6-21-28-22(24(30)27-15-25(31)11-9-18(10-12-25)35(5,32)33)23(26)29(21)19-8-7-17(13-16(2)3)14-20(19)34-4/h14,16,18,31H,6-13,15H2,1-5H3,(H,27,30). The molecule has 1 saturated carbocycles. The van der Waals surface area contributed by atoms with Gasteiger partial charge in [0.1, 0.15) is 26.6 Å². The van der Waals surface area contributed by atoms with Crippen LogP contribution in [-0.2, 0) is 21.0 Å². The van der Waals surface area contributed by atoms with E-state index in [2.05, 4.69) is 30.2 Å². The zero-order valence-electron chi connectivity index (χ0n) is 21.4. The molecule has 0 unspecified atom stereocenters. The molecular weight excluding hydrogens is 490 g/mol. The fourth-order valence-electron chi connectivity index (χ4n) is 4.99. The molecule has 1 heterocycles. The molecule has 0 spiro atoms. The van der Waals surface area contributed by atoms with Crippen molar-refractivity contribution < 1.29 is 23.1 Å². The Kier molecular flexibility index (Phi) is 8.76. The smallest absolute Gasteiger partial charge is 0.273 e. The topological polar surface area (TPSA) is 111 Å². The zero-order chi connectivity index (χ0) is 26.0. The first-order valence-corrected chi connectivity index (χ1v) is 14.6. The summed E-state index contributed by atoms with van der Waals surface area (Å²) in [7, 11) is -1.50. The quantitative estimate of drug-likeness (QED) is 0.499. The molecule has 0 saturated heterocycles. The number of aromatic nitrogens is 2. The highest BCUT2D eigenvalue weighted by atomic mass is 35.5. The Bertz CT molecular complexity index is 1110. The Balaban J connectivity index is 1.79. The number of nitrogens with one attached hydrogen (secondary N) is 1. The van der Waals surface area contributed by atoms with Crippen molar-refractivity contribution in [3.8, 4) is 0 Å². The van der Waals surface area contributed by atoms with E-state index in [1.807, 2.05) is 11.5 Å². The Hall–Kier alpha value is -1.84. The third kappa shape index (κ3) is 6.49. The molecule has 1 amide bonds. The van der Waals surface area contributed by atoms with Crippen LogP contribution in [0.15, 0.2) is 17.4 Å². The summed E-state index contributed by atoms with van der Waals surface area (Å²) in [5.74, 6) is 1.48. The van der Waals surface area contributed by atoms with Crippen molar-refractivity contribution in [1.29, 1.82) is 0 Å². The number of nitrogens with zero attached hydrogens (tertiary/aromatic N) is 2. The lowest BCUT2D eigenvalue weighted by Gasteiger charge is -2.35. The van der Waals surface area contributed by atoms with Crippen LogP contribution in [0.25, 0.3) is 5.70 Å². The summed E-state index contributed by atoms with van der Waals surface area (Å²) < 4.78 is 31.1. The van der Waals surface area contributed by atoms with Crippen LogP contribution in [0, 0.1) is 5.92 Å². The number of amides is 1. The summed E-state index contributed by atoms with van der Waals surface area (Å²) in [6, 6.07) is 0. The van der Waals surface area contributed by atoms with Gasteiger partial charge in [0.15, 0.2) is 5.69 Å². The largest absolute Gasteiger partial charge is 0.495 e. The summed E-state index contributed by atoms with van der Waals surface area (Å²) in [5.41, 5.74) is 1.17. The van der Waals surface area contributed by atoms with Crippen LogP contribution in [0.3, 0.4) is 0 Å². The summed E-state index contributed by atoms with van der Waals surface area (Å²) in [5, 5.41) is 13.4. The second-order valence-corrected chi connectivity index (χ2v) is 12.9. The summed E-state index contributed by atoms with van der Waals surface area (Å²) in [4.78, 5) is 17.5. The lowest BCUT2D eigenvalue weighted by molar-refractivity contribution is 0.00607. The molecule has 0 aliphatic heterocycles. The van der Waals surface area contributed by atoms with Crippen LogP contribution >= 0.6 is 11.6 Å². The van der Waals surface area contributed by atoms with Crippen molar-refractivity contribution in [1.82, 2.24) is 14.9 Å². The fourth-order valence-corrected chi connectivity index (χ4v) is 6.41. The molecule has 3 rings (SSSR count). The first-order valence-electron chi connectivity index (χ1n) is 12.3. The van der Waals surface area contributed by atoms with Crippen molar-refractivity contribution >= 4 is 33.0 Å². The zero-order valence-corrected chi connectivity index (χ0v) is 22.9. The average Bonchev–Trinajstić information content (AvgIpc) is 3.13. The third-order valence-corrected chi connectivity index (χ3v) is 8.96. The second-order valence-electron chi connectivity index (χ2n) is 10.2. The number of aryl methyl sites for hydroxylation is 1. The van der Waals surface area contributed by atoms with Gasteiger partial charge < -0.3 is 15.2 Å². The fraction of sp³-hybridized carbons (Fsp3) is 0.680. The number of carbonyl (C=O) groups is 1. The minimum absolute atomic E-state index is 0.0142. The monoisotopic (exact) mass is 527 g/mol. The molecule has 0 radical (unpaired) electrons. The van der Waals surface area contributed by atoms with E-state index >= 15 is 0 Å². The Labute approximate surface area is 213 Å². The molecule has 10 heteroatoms. The van der Waals surface area contributed by atoms with Crippen molar-refractivity contribution in [2.45, 2.75) is 83.0 Å². The van der Waals surface area contributed by atoms with E-state index in [0.29, 0.717) is 43.8 Å². The molecule has 0 atom stereocenters. The first kappa shape index (κ1) is 27.7. The number of ether oxygens (including phenoxy) is 1. The lowest BCUT2D eigenvalue weighted by Crippen LogP contribution is -2.47. The number of methoxy groups -OCH3 is 1. The molecule has 35 heavy (non-hydrogen) atoms. The maximum Gasteiger partial charge on any atom is 0.273 e. The Morgan fingerprint density at radius 1 is 1.34 bits per heavy atom. The molecule has 2 N–H and O–H groups in total. The lowest BCUT2D eigenvalue weighted by atomic mass is 9.84. The number of aliphatic hydroxyl groups is 1. The van der Waals surface area contributed by atoms with Crippen LogP contribution in [0.1, 0.15) is 82.0 Å². The van der Waals surface area contributed by atoms with Gasteiger partial charge in [-0.05, 0) is 56.9 Å². The molecule has 2 aliphatic carbocycles. The maximum absolute atomic E-state index is 13.0. The van der Waals surface area contributed by atoms with E-state index in [4.69, 9.17) is 16.3 Å². The number of halogens is 1. The van der Waals surface area contributed by atoms with Crippen LogP contribution in [-0.4, -0.2) is 59.7 Å². The predicted octanol–water partition coefficient (Wildman–Crippen LogP) is 4.13. The number of rotatable bonds is 9. The van der Waals surface area contributed by atoms with E-state index in [1.165, 1.54) is 11.8 Å². The maximum atomic E-state index is 13.0. The number of sulfone groups is 1. The molecule has 0 aromatic carbocycles. The minimum Gasteiger partial charge on any atom is -0.495 e. The van der Waals surface area contributed by atoms with Gasteiger partial charge in [0.25, 0.3) is 5.91 Å². The molecule has 196 valence electrons. The SMILES string of the molecule is CCc1nc(C(=O)NCC2(O)CCC(S(C)(=O)=O)CC2)c(Cl)n1C1=C(OC)C=C(CC(C)C)CC1. The van der Waals surface area contributed by atoms with E-state index in [-0.39, 0.29) is 17.4 Å². The molecule has 1 aromatic heterocycles. The summed E-state index contributed by atoms with van der Waals surface area (Å²) in [6.07, 6.45) is 7.86. The van der Waals surface area contributed by atoms with Gasteiger partial charge in [0.2, 0.25) is 0 Å². The Morgan fingerprint density at radius 2 is 2.00 bits per heavy atom. The van der Waals surface area contributed by atoms with E-state index in [0.717, 1.165) is 30.7 Å². The van der Waals surface area contributed by atoms with Crippen molar-refractivity contribution in [2.75, 3.05) is 19.9 Å². The highest BCUT2D eigenvalue weighted by molar-refractivity contribution is 7.91. The normalized spacial score (nSPS) is 23.4. The van der Waals surface area contributed by atoms with Gasteiger partial charge in [0, 0.05) is 19.2 Å². The van der Waals surface area contributed by atoms with Crippen LogP contribution in [0.4, 0.5) is 0 Å². The molecular formula is C25H38ClN3O5S. The Morgan fingerprint density at radius 3 is 2.54 bits per heavy atom. The predicted molar refractivity (Wildman–Crippen MR) is 138 cm³/mol. The van der Waals surface area contributed by atoms with Gasteiger partial charge >= 0.3 is 0 Å². The van der Waals surface area contributed by atoms with Crippen molar-refractivity contribution in [3.05, 3.63) is 34.1 Å². The average molecular weight is 528 g/mol. The number of hydrogen-bond donors (Lipinski definition) is 2. The molecule has 0 bridgehead atoms. The van der Waals surface area contributed by atoms with Crippen molar-refractivity contribution in [2.24, 2.45) is 5.92 Å².